The topological polar surface area (TPSA) is 133 Å². The van der Waals surface area contributed by atoms with Gasteiger partial charge in [0.2, 0.25) is 0 Å². The number of Topliss-reactive ketones (excluding diaryl/α,β-unsaturated/α-hetero) is 2. The van der Waals surface area contributed by atoms with Gasteiger partial charge in [-0.3, -0.25) is 9.59 Å². The van der Waals surface area contributed by atoms with E-state index < -0.39 is 45.7 Å². The van der Waals surface area contributed by atoms with E-state index in [0.717, 1.165) is 13.2 Å². The molecule has 0 bridgehead atoms. The maximum atomic E-state index is 10.6. The first-order chi connectivity index (χ1) is 14.6. The SMILES string of the molecule is CCCC(C(C)=O)C(=O)[O-].CCCC(C(C)=O)C(=O)[O-].CCCC[O][Sn+2][O]CCCC. The monoisotopic (exact) mass is 552 g/mol. The number of ketones is 2. The Morgan fingerprint density at radius 1 is 0.677 bits per heavy atom. The summed E-state index contributed by atoms with van der Waals surface area (Å²) in [7, 11) is 0. The molecule has 0 fully saturated rings. The molecule has 0 radical (unpaired) electrons. The number of aliphatic carboxylic acids is 2. The molecule has 0 N–H and O–H groups in total. The van der Waals surface area contributed by atoms with Crippen LogP contribution in [-0.4, -0.2) is 58.7 Å². The van der Waals surface area contributed by atoms with Crippen LogP contribution in [0, 0.1) is 11.8 Å². The van der Waals surface area contributed by atoms with Crippen molar-refractivity contribution in [3.05, 3.63) is 0 Å². The summed E-state index contributed by atoms with van der Waals surface area (Å²) >= 11 is -0.876. The zero-order valence-electron chi connectivity index (χ0n) is 20.0. The molecule has 0 saturated carbocycles. The van der Waals surface area contributed by atoms with Gasteiger partial charge in [-0.05, 0) is 26.7 Å². The van der Waals surface area contributed by atoms with Crippen molar-refractivity contribution in [2.75, 3.05) is 13.2 Å². The minimum absolute atomic E-state index is 0.318. The number of carboxylic acids is 2. The number of hydrogen-bond donors (Lipinski definition) is 0. The van der Waals surface area contributed by atoms with E-state index in [9.17, 15) is 29.4 Å². The van der Waals surface area contributed by atoms with Gasteiger partial charge in [0.25, 0.3) is 0 Å². The number of unbranched alkanes of at least 4 members (excludes halogenated alkanes) is 2. The van der Waals surface area contributed by atoms with Gasteiger partial charge in [-0.2, -0.15) is 0 Å². The molecule has 0 aliphatic rings. The third-order valence-electron chi connectivity index (χ3n) is 4.02. The minimum atomic E-state index is -1.26. The summed E-state index contributed by atoms with van der Waals surface area (Å²) in [6, 6.07) is 0. The Labute approximate surface area is 198 Å². The predicted molar refractivity (Wildman–Crippen MR) is 116 cm³/mol. The van der Waals surface area contributed by atoms with Gasteiger partial charge in [0, 0.05) is 0 Å². The van der Waals surface area contributed by atoms with Crippen molar-refractivity contribution in [2.45, 2.75) is 92.9 Å². The number of carbonyl (C=O) groups is 4. The molecule has 0 spiro atoms. The average molecular weight is 551 g/mol. The third-order valence-corrected chi connectivity index (χ3v) is 5.86. The fraction of sp³-hybridized carbons (Fsp3) is 0.818. The van der Waals surface area contributed by atoms with Crippen molar-refractivity contribution in [3.63, 3.8) is 0 Å². The summed E-state index contributed by atoms with van der Waals surface area (Å²) in [6.45, 7) is 12.4. The zero-order valence-corrected chi connectivity index (χ0v) is 22.8. The first-order valence-electron chi connectivity index (χ1n) is 11.0. The van der Waals surface area contributed by atoms with Crippen molar-refractivity contribution in [1.82, 2.24) is 0 Å². The molecule has 0 aliphatic carbocycles. The second-order valence-corrected chi connectivity index (χ2v) is 9.15. The molecule has 2 unspecified atom stereocenters. The van der Waals surface area contributed by atoms with Gasteiger partial charge in [-0.1, -0.05) is 26.7 Å². The molecule has 31 heavy (non-hydrogen) atoms. The Hall–Kier alpha value is -1.00. The maximum absolute atomic E-state index is 10.6. The summed E-state index contributed by atoms with van der Waals surface area (Å²) in [6.07, 6.45) is 6.95. The fourth-order valence-corrected chi connectivity index (χ4v) is 3.65. The van der Waals surface area contributed by atoms with E-state index in [1.165, 1.54) is 39.5 Å². The standard InChI is InChI=1S/2C7H12O3.2C4H9O.Sn/c2*1-3-4-6(5(2)8)7(9)10;2*1-2-3-4-5;/h2*6H,3-4H2,1-2H3,(H,9,10);2*2-4H2,1H3;/q;;2*-1;+4/p-2. The number of carbonyl (C=O) groups excluding carboxylic acids is 4. The van der Waals surface area contributed by atoms with E-state index in [-0.39, 0.29) is 11.6 Å². The van der Waals surface area contributed by atoms with E-state index in [4.69, 9.17) is 6.15 Å². The molecule has 0 aromatic carbocycles. The molecular weight excluding hydrogens is 511 g/mol. The molecule has 0 aromatic rings. The summed E-state index contributed by atoms with van der Waals surface area (Å²) in [5.41, 5.74) is 0. The molecule has 0 rings (SSSR count). The Kier molecular flexibility index (Phi) is 28.2. The quantitative estimate of drug-likeness (QED) is 0.161. The number of rotatable bonds is 16. The summed E-state index contributed by atoms with van der Waals surface area (Å²) in [5, 5.41) is 20.4. The number of hydrogen-bond acceptors (Lipinski definition) is 8. The molecular formula is C22H40O8Sn. The van der Waals surface area contributed by atoms with E-state index in [0.29, 0.717) is 25.7 Å². The van der Waals surface area contributed by atoms with Crippen LogP contribution in [0.25, 0.3) is 0 Å². The van der Waals surface area contributed by atoms with E-state index in [1.807, 2.05) is 13.8 Å². The molecule has 0 heterocycles. The van der Waals surface area contributed by atoms with Crippen molar-refractivity contribution in [1.29, 1.82) is 0 Å². The normalized spacial score (nSPS) is 11.5. The molecule has 9 heteroatoms. The number of carboxylic acid groups (broad SMARTS) is 2. The van der Waals surface area contributed by atoms with Gasteiger partial charge < -0.3 is 19.8 Å². The third kappa shape index (κ3) is 25.1. The van der Waals surface area contributed by atoms with Crippen LogP contribution in [0.3, 0.4) is 0 Å². The van der Waals surface area contributed by atoms with Gasteiger partial charge in [-0.15, -0.1) is 0 Å². The summed E-state index contributed by atoms with van der Waals surface area (Å²) < 4.78 is 10.7. The van der Waals surface area contributed by atoms with Crippen molar-refractivity contribution >= 4 is 45.5 Å². The molecule has 0 amide bonds. The Balaban J connectivity index is -0.000000380. The van der Waals surface area contributed by atoms with Crippen molar-refractivity contribution in [3.8, 4) is 0 Å². The fourth-order valence-electron chi connectivity index (χ4n) is 2.11. The van der Waals surface area contributed by atoms with Gasteiger partial charge in [0.05, 0.1) is 23.8 Å². The molecule has 0 aliphatic heterocycles. The van der Waals surface area contributed by atoms with Crippen LogP contribution in [-0.2, 0) is 25.3 Å². The first-order valence-corrected chi connectivity index (χ1v) is 13.3. The zero-order chi connectivity index (χ0) is 24.7. The van der Waals surface area contributed by atoms with E-state index in [2.05, 4.69) is 13.8 Å². The summed E-state index contributed by atoms with van der Waals surface area (Å²) in [4.78, 5) is 41.5. The second-order valence-electron chi connectivity index (χ2n) is 7.03. The van der Waals surface area contributed by atoms with Crippen LogP contribution in [0.2, 0.25) is 0 Å². The summed E-state index contributed by atoms with van der Waals surface area (Å²) in [5.74, 6) is -4.94. The van der Waals surface area contributed by atoms with Crippen molar-refractivity contribution in [2.24, 2.45) is 11.8 Å². The van der Waals surface area contributed by atoms with Crippen LogP contribution in [0.4, 0.5) is 0 Å². The van der Waals surface area contributed by atoms with Crippen LogP contribution in [0.1, 0.15) is 92.9 Å². The van der Waals surface area contributed by atoms with Crippen LogP contribution >= 0.6 is 0 Å². The second kappa shape index (κ2) is 25.3. The van der Waals surface area contributed by atoms with Gasteiger partial charge in [0.15, 0.2) is 0 Å². The van der Waals surface area contributed by atoms with E-state index in [1.54, 1.807) is 0 Å². The molecule has 0 aromatic heterocycles. The first kappa shape index (κ1) is 34.6. The van der Waals surface area contributed by atoms with Crippen molar-refractivity contribution < 1.29 is 35.5 Å². The molecule has 2 atom stereocenters. The van der Waals surface area contributed by atoms with Crippen LogP contribution < -0.4 is 10.2 Å². The van der Waals surface area contributed by atoms with E-state index >= 15 is 0 Å². The Morgan fingerprint density at radius 2 is 1.00 bits per heavy atom. The van der Waals surface area contributed by atoms with Gasteiger partial charge in [0.1, 0.15) is 11.6 Å². The van der Waals surface area contributed by atoms with Crippen LogP contribution in [0.15, 0.2) is 0 Å². The molecule has 0 saturated heterocycles. The van der Waals surface area contributed by atoms with Crippen LogP contribution in [0.5, 0.6) is 0 Å². The predicted octanol–water partition coefficient (Wildman–Crippen LogP) is 1.64. The van der Waals surface area contributed by atoms with Gasteiger partial charge >= 0.3 is 80.9 Å². The Bertz CT molecular complexity index is 412. The molecule has 180 valence electrons. The molecule has 8 nitrogen and oxygen atoms in total. The van der Waals surface area contributed by atoms with Gasteiger partial charge in [-0.25, -0.2) is 0 Å². The Morgan fingerprint density at radius 3 is 1.16 bits per heavy atom. The average Bonchev–Trinajstić information content (AvgIpc) is 2.69.